The maximum absolute atomic E-state index is 12.5. The van der Waals surface area contributed by atoms with Crippen molar-refractivity contribution in [3.8, 4) is 0 Å². The Kier molecular flexibility index (Phi) is 5.81. The summed E-state index contributed by atoms with van der Waals surface area (Å²) in [7, 11) is 0. The van der Waals surface area contributed by atoms with Gasteiger partial charge < -0.3 is 16.0 Å². The van der Waals surface area contributed by atoms with Crippen molar-refractivity contribution in [3.63, 3.8) is 0 Å². The molecule has 122 valence electrons. The van der Waals surface area contributed by atoms with E-state index in [0.29, 0.717) is 11.6 Å². The molecule has 1 atom stereocenters. The average molecular weight is 332 g/mol. The van der Waals surface area contributed by atoms with E-state index < -0.39 is 0 Å². The number of carbonyl (C=O) groups is 1. The van der Waals surface area contributed by atoms with Crippen molar-refractivity contribution in [1.82, 2.24) is 9.97 Å². The van der Waals surface area contributed by atoms with Crippen molar-refractivity contribution in [2.24, 2.45) is 0 Å². The standard InChI is InChI=1S/C16H20N4O2S/c1-3-10-7-5-6-8-11(10)18-15(22)12(4-2)23-16-19-13(17)9-14(21)20-16/h5-9,12H,3-4H2,1-2H3,(H,18,22)(H3,17,19,20,21). The Labute approximate surface area is 138 Å². The van der Waals surface area contributed by atoms with Gasteiger partial charge in [0.1, 0.15) is 5.82 Å². The lowest BCUT2D eigenvalue weighted by Gasteiger charge is -2.16. The van der Waals surface area contributed by atoms with E-state index in [1.807, 2.05) is 38.1 Å². The number of anilines is 2. The van der Waals surface area contributed by atoms with Crippen LogP contribution in [0.15, 0.2) is 40.3 Å². The van der Waals surface area contributed by atoms with Crippen molar-refractivity contribution in [2.75, 3.05) is 11.1 Å². The first-order chi connectivity index (χ1) is 11.0. The SMILES string of the molecule is CCc1ccccc1NC(=O)C(CC)Sc1nc(N)cc(=O)[nH]1. The molecule has 0 spiro atoms. The number of hydrogen-bond acceptors (Lipinski definition) is 5. The summed E-state index contributed by atoms with van der Waals surface area (Å²) in [6.45, 7) is 3.95. The highest BCUT2D eigenvalue weighted by Crippen LogP contribution is 2.24. The van der Waals surface area contributed by atoms with Gasteiger partial charge in [0.25, 0.3) is 5.56 Å². The van der Waals surface area contributed by atoms with E-state index in [0.717, 1.165) is 17.7 Å². The number of thioether (sulfide) groups is 1. The van der Waals surface area contributed by atoms with Crippen LogP contribution >= 0.6 is 11.8 Å². The summed E-state index contributed by atoms with van der Waals surface area (Å²) in [6, 6.07) is 8.92. The lowest BCUT2D eigenvalue weighted by Crippen LogP contribution is -2.26. The molecule has 0 aliphatic heterocycles. The first-order valence-electron chi connectivity index (χ1n) is 7.45. The van der Waals surface area contributed by atoms with Crippen LogP contribution < -0.4 is 16.6 Å². The van der Waals surface area contributed by atoms with Crippen LogP contribution in [0.3, 0.4) is 0 Å². The van der Waals surface area contributed by atoms with E-state index in [1.54, 1.807) is 0 Å². The van der Waals surface area contributed by atoms with Crippen molar-refractivity contribution in [1.29, 1.82) is 0 Å². The molecular formula is C16H20N4O2S. The summed E-state index contributed by atoms with van der Waals surface area (Å²) >= 11 is 1.20. The van der Waals surface area contributed by atoms with Crippen LogP contribution in [0.25, 0.3) is 0 Å². The summed E-state index contributed by atoms with van der Waals surface area (Å²) in [4.78, 5) is 30.6. The highest BCUT2D eigenvalue weighted by atomic mass is 32.2. The van der Waals surface area contributed by atoms with E-state index in [1.165, 1.54) is 17.8 Å². The van der Waals surface area contributed by atoms with Crippen molar-refractivity contribution in [3.05, 3.63) is 46.2 Å². The minimum atomic E-state index is -0.370. The molecular weight excluding hydrogens is 312 g/mol. The molecule has 1 amide bonds. The molecule has 1 aromatic carbocycles. The number of benzene rings is 1. The summed E-state index contributed by atoms with van der Waals surface area (Å²) < 4.78 is 0. The number of nitrogens with one attached hydrogen (secondary N) is 2. The number of aromatic nitrogens is 2. The molecule has 0 fully saturated rings. The number of carbonyl (C=O) groups excluding carboxylic acids is 1. The van der Waals surface area contributed by atoms with E-state index in [9.17, 15) is 9.59 Å². The van der Waals surface area contributed by atoms with Crippen LogP contribution in [0.2, 0.25) is 0 Å². The van der Waals surface area contributed by atoms with Gasteiger partial charge in [0, 0.05) is 11.8 Å². The van der Waals surface area contributed by atoms with Crippen LogP contribution in [0.1, 0.15) is 25.8 Å². The number of nitrogens with zero attached hydrogens (tertiary/aromatic N) is 1. The second-order valence-electron chi connectivity index (χ2n) is 4.99. The monoisotopic (exact) mass is 332 g/mol. The predicted octanol–water partition coefficient (Wildman–Crippen LogP) is 2.42. The average Bonchev–Trinajstić information content (AvgIpc) is 2.52. The van der Waals surface area contributed by atoms with Gasteiger partial charge >= 0.3 is 0 Å². The van der Waals surface area contributed by atoms with Gasteiger partial charge in [-0.2, -0.15) is 0 Å². The van der Waals surface area contributed by atoms with E-state index in [4.69, 9.17) is 5.73 Å². The summed E-state index contributed by atoms with van der Waals surface area (Å²) in [5.41, 5.74) is 7.13. The lowest BCUT2D eigenvalue weighted by atomic mass is 10.1. The molecule has 0 saturated heterocycles. The zero-order chi connectivity index (χ0) is 16.8. The number of para-hydroxylation sites is 1. The van der Waals surface area contributed by atoms with Crippen molar-refractivity contribution in [2.45, 2.75) is 37.1 Å². The highest BCUT2D eigenvalue weighted by molar-refractivity contribution is 8.00. The Morgan fingerprint density at radius 3 is 2.78 bits per heavy atom. The lowest BCUT2D eigenvalue weighted by molar-refractivity contribution is -0.115. The second-order valence-corrected chi connectivity index (χ2v) is 6.18. The normalized spacial score (nSPS) is 11.9. The van der Waals surface area contributed by atoms with Crippen molar-refractivity contribution < 1.29 is 4.79 Å². The third kappa shape index (κ3) is 4.59. The highest BCUT2D eigenvalue weighted by Gasteiger charge is 2.20. The third-order valence-corrected chi connectivity index (χ3v) is 4.56. The fourth-order valence-electron chi connectivity index (χ4n) is 2.13. The quantitative estimate of drug-likeness (QED) is 0.557. The van der Waals surface area contributed by atoms with Gasteiger partial charge in [-0.05, 0) is 24.5 Å². The number of amides is 1. The number of H-pyrrole nitrogens is 1. The zero-order valence-corrected chi connectivity index (χ0v) is 13.9. The van der Waals surface area contributed by atoms with Crippen LogP contribution in [0, 0.1) is 0 Å². The van der Waals surface area contributed by atoms with Crippen LogP contribution in [0.4, 0.5) is 11.5 Å². The van der Waals surface area contributed by atoms with Crippen molar-refractivity contribution >= 4 is 29.2 Å². The molecule has 0 aliphatic carbocycles. The molecule has 0 saturated carbocycles. The number of aryl methyl sites for hydroxylation is 1. The summed E-state index contributed by atoms with van der Waals surface area (Å²) in [5, 5.41) is 2.93. The van der Waals surface area contributed by atoms with E-state index in [-0.39, 0.29) is 22.5 Å². The maximum Gasteiger partial charge on any atom is 0.253 e. The molecule has 0 bridgehead atoms. The molecule has 0 aliphatic rings. The van der Waals surface area contributed by atoms with Crippen LogP contribution in [0.5, 0.6) is 0 Å². The fraction of sp³-hybridized carbons (Fsp3) is 0.312. The number of nitrogen functional groups attached to an aromatic ring is 1. The predicted molar refractivity (Wildman–Crippen MR) is 93.7 cm³/mol. The number of aromatic amines is 1. The van der Waals surface area contributed by atoms with Gasteiger partial charge in [0.05, 0.1) is 5.25 Å². The molecule has 1 aromatic heterocycles. The van der Waals surface area contributed by atoms with E-state index in [2.05, 4.69) is 15.3 Å². The molecule has 0 radical (unpaired) electrons. The summed E-state index contributed by atoms with van der Waals surface area (Å²) in [6.07, 6.45) is 1.44. The first kappa shape index (κ1) is 17.1. The van der Waals surface area contributed by atoms with Crippen LogP contribution in [-0.2, 0) is 11.2 Å². The second kappa shape index (κ2) is 7.82. The topological polar surface area (TPSA) is 101 Å². The Hall–Kier alpha value is -2.28. The van der Waals surface area contributed by atoms with Gasteiger partial charge in [0.2, 0.25) is 5.91 Å². The minimum Gasteiger partial charge on any atom is -0.383 e. The molecule has 1 heterocycles. The fourth-order valence-corrected chi connectivity index (χ4v) is 3.05. The Balaban J connectivity index is 2.13. The number of rotatable bonds is 6. The third-order valence-electron chi connectivity index (χ3n) is 3.31. The summed E-state index contributed by atoms with van der Waals surface area (Å²) in [5.74, 6) is 0.0197. The molecule has 2 aromatic rings. The molecule has 4 N–H and O–H groups in total. The van der Waals surface area contributed by atoms with Gasteiger partial charge in [-0.3, -0.25) is 9.59 Å². The van der Waals surface area contributed by atoms with Crippen LogP contribution in [-0.4, -0.2) is 21.1 Å². The van der Waals surface area contributed by atoms with Gasteiger partial charge in [-0.1, -0.05) is 43.8 Å². The zero-order valence-electron chi connectivity index (χ0n) is 13.1. The van der Waals surface area contributed by atoms with E-state index >= 15 is 0 Å². The maximum atomic E-state index is 12.5. The molecule has 6 nitrogen and oxygen atoms in total. The number of hydrogen-bond donors (Lipinski definition) is 3. The Bertz CT molecular complexity index is 745. The Morgan fingerprint density at radius 1 is 1.39 bits per heavy atom. The number of nitrogens with two attached hydrogens (primary N) is 1. The smallest absolute Gasteiger partial charge is 0.253 e. The molecule has 1 unspecified atom stereocenters. The molecule has 23 heavy (non-hydrogen) atoms. The van der Waals surface area contributed by atoms with Gasteiger partial charge in [0.15, 0.2) is 5.16 Å². The largest absolute Gasteiger partial charge is 0.383 e. The first-order valence-corrected chi connectivity index (χ1v) is 8.33. The minimum absolute atomic E-state index is 0.122. The van der Waals surface area contributed by atoms with Gasteiger partial charge in [-0.25, -0.2) is 4.98 Å². The van der Waals surface area contributed by atoms with Gasteiger partial charge in [-0.15, -0.1) is 0 Å². The Morgan fingerprint density at radius 2 is 2.13 bits per heavy atom. The molecule has 7 heteroatoms. The molecule has 2 rings (SSSR count).